The van der Waals surface area contributed by atoms with Crippen LogP contribution in [-0.4, -0.2) is 35.3 Å². The minimum absolute atomic E-state index is 0.0623. The molecule has 0 bridgehead atoms. The molecule has 7 nitrogen and oxygen atoms in total. The van der Waals surface area contributed by atoms with Crippen molar-refractivity contribution in [3.63, 3.8) is 0 Å². The van der Waals surface area contributed by atoms with Crippen LogP contribution in [0.1, 0.15) is 21.5 Å². The molecule has 1 aliphatic heterocycles. The number of Topliss-reactive ketones (excluding diaryl/α,β-unsaturated/α-hetero) is 1. The number of benzene rings is 1. The molecule has 0 saturated heterocycles. The van der Waals surface area contributed by atoms with Gasteiger partial charge in [0.15, 0.2) is 10.8 Å². The van der Waals surface area contributed by atoms with Crippen molar-refractivity contribution in [2.24, 2.45) is 0 Å². The summed E-state index contributed by atoms with van der Waals surface area (Å²) in [4.78, 5) is 41.8. The number of amides is 2. The quantitative estimate of drug-likeness (QED) is 0.500. The van der Waals surface area contributed by atoms with E-state index in [9.17, 15) is 36.3 Å². The van der Waals surface area contributed by atoms with Crippen LogP contribution in [0.3, 0.4) is 0 Å². The molecule has 34 heavy (non-hydrogen) atoms. The van der Waals surface area contributed by atoms with E-state index in [1.807, 2.05) is 0 Å². The number of alkyl halides is 3. The number of rotatable bonds is 4. The van der Waals surface area contributed by atoms with Crippen molar-refractivity contribution in [1.82, 2.24) is 4.98 Å². The molecule has 0 spiro atoms. The largest absolute Gasteiger partial charge is 0.422 e. The molecule has 0 fully saturated rings. The summed E-state index contributed by atoms with van der Waals surface area (Å²) in [5.74, 6) is -5.78. The highest BCUT2D eigenvalue weighted by Crippen LogP contribution is 2.38. The van der Waals surface area contributed by atoms with Gasteiger partial charge in [0.1, 0.15) is 22.2 Å². The first kappa shape index (κ1) is 23.6. The van der Waals surface area contributed by atoms with Crippen molar-refractivity contribution < 1.29 is 36.3 Å². The molecular weight excluding hydrogens is 503 g/mol. The summed E-state index contributed by atoms with van der Waals surface area (Å²) in [7, 11) is 1.40. The van der Waals surface area contributed by atoms with Crippen LogP contribution < -0.4 is 10.2 Å². The number of thiophene rings is 1. The summed E-state index contributed by atoms with van der Waals surface area (Å²) in [5.41, 5.74) is -3.24. The van der Waals surface area contributed by atoms with Crippen LogP contribution in [0.5, 0.6) is 0 Å². The maximum Gasteiger partial charge on any atom is 0.422 e. The second-order valence-electron chi connectivity index (χ2n) is 7.05. The fourth-order valence-electron chi connectivity index (χ4n) is 3.29. The molecular formula is C20H11F5N4O3S2. The first-order valence-corrected chi connectivity index (χ1v) is 11.0. The Morgan fingerprint density at radius 3 is 2.56 bits per heavy atom. The number of aromatic nitrogens is 1. The molecule has 2 aromatic heterocycles. The molecule has 4 rings (SSSR count). The highest BCUT2D eigenvalue weighted by molar-refractivity contribution is 7.16. The molecule has 0 radical (unpaired) electrons. The minimum Gasteiger partial charge on any atom is -0.302 e. The molecule has 3 heterocycles. The highest BCUT2D eigenvalue weighted by Gasteiger charge is 2.39. The Kier molecular flexibility index (Phi) is 5.81. The zero-order chi connectivity index (χ0) is 24.9. The number of anilines is 2. The number of thiazole rings is 1. The van der Waals surface area contributed by atoms with Crippen LogP contribution in [0, 0.1) is 17.0 Å². The zero-order valence-corrected chi connectivity index (χ0v) is 18.5. The Balaban J connectivity index is 1.55. The number of nitrogens with one attached hydrogen (secondary N) is 2. The van der Waals surface area contributed by atoms with E-state index < -0.39 is 52.2 Å². The number of fused-ring (bicyclic) bond motifs is 1. The van der Waals surface area contributed by atoms with Gasteiger partial charge in [0.05, 0.1) is 17.7 Å². The lowest BCUT2D eigenvalue weighted by Gasteiger charge is -2.22. The molecule has 0 unspecified atom stereocenters. The van der Waals surface area contributed by atoms with E-state index in [4.69, 9.17) is 5.41 Å². The summed E-state index contributed by atoms with van der Waals surface area (Å²) in [6.45, 7) is 0. The smallest absolute Gasteiger partial charge is 0.302 e. The van der Waals surface area contributed by atoms with Crippen molar-refractivity contribution >= 4 is 56.1 Å². The van der Waals surface area contributed by atoms with Crippen LogP contribution in [0.2, 0.25) is 0 Å². The van der Waals surface area contributed by atoms with E-state index in [2.05, 4.69) is 10.3 Å². The monoisotopic (exact) mass is 514 g/mol. The van der Waals surface area contributed by atoms with Gasteiger partial charge in [-0.2, -0.15) is 13.2 Å². The van der Waals surface area contributed by atoms with Crippen molar-refractivity contribution in [3.05, 3.63) is 51.2 Å². The third kappa shape index (κ3) is 3.98. The van der Waals surface area contributed by atoms with Gasteiger partial charge in [-0.05, 0) is 23.1 Å². The molecule has 0 aliphatic carbocycles. The fraction of sp³-hybridized carbons (Fsp3) is 0.150. The molecule has 14 heteroatoms. The lowest BCUT2D eigenvalue weighted by Crippen LogP contribution is -2.42. The number of carbonyl (C=O) groups excluding carboxylic acids is 3. The third-order valence-corrected chi connectivity index (χ3v) is 6.74. The maximum absolute atomic E-state index is 14.4. The number of ketones is 1. The van der Waals surface area contributed by atoms with Crippen LogP contribution >= 0.6 is 22.7 Å². The second kappa shape index (κ2) is 8.36. The van der Waals surface area contributed by atoms with E-state index in [0.29, 0.717) is 11.1 Å². The Hall–Kier alpha value is -3.52. The fourth-order valence-corrected chi connectivity index (χ4v) is 5.05. The predicted molar refractivity (Wildman–Crippen MR) is 115 cm³/mol. The summed E-state index contributed by atoms with van der Waals surface area (Å²) in [5, 5.41) is 13.0. The van der Waals surface area contributed by atoms with Crippen molar-refractivity contribution in [3.8, 4) is 11.3 Å². The molecule has 3 aromatic rings. The van der Waals surface area contributed by atoms with E-state index >= 15 is 0 Å². The molecule has 2 amide bonds. The molecule has 2 N–H and O–H groups in total. The Labute approximate surface area is 195 Å². The van der Waals surface area contributed by atoms with Crippen LogP contribution in [0.4, 0.5) is 32.1 Å². The maximum atomic E-state index is 14.4. The Morgan fingerprint density at radius 2 is 1.88 bits per heavy atom. The second-order valence-corrected chi connectivity index (χ2v) is 8.77. The molecule has 0 saturated carbocycles. The molecule has 1 aliphatic rings. The van der Waals surface area contributed by atoms with Crippen LogP contribution in [0.25, 0.3) is 11.3 Å². The summed E-state index contributed by atoms with van der Waals surface area (Å²) in [6, 6.07) is 1.30. The Bertz CT molecular complexity index is 1380. The number of nitrogens with zero attached hydrogens (tertiary/aromatic N) is 2. The SMILES string of the molecule is CN1C(=O)C(=N)C(=O)c2c(CC(=O)Nc3nc(-c4ccc(F)c(C(F)(F)F)c4F)cs3)csc21. The summed E-state index contributed by atoms with van der Waals surface area (Å²) < 4.78 is 66.8. The van der Waals surface area contributed by atoms with E-state index in [1.54, 1.807) is 0 Å². The summed E-state index contributed by atoms with van der Waals surface area (Å²) in [6.07, 6.45) is -5.56. The first-order chi connectivity index (χ1) is 15.9. The minimum atomic E-state index is -5.25. The van der Waals surface area contributed by atoms with Gasteiger partial charge in [0.25, 0.3) is 5.91 Å². The number of hydrogen-bond acceptors (Lipinski definition) is 7. The normalized spacial score (nSPS) is 13.9. The average molecular weight is 514 g/mol. The van der Waals surface area contributed by atoms with E-state index in [1.165, 1.54) is 17.8 Å². The van der Waals surface area contributed by atoms with Gasteiger partial charge in [-0.15, -0.1) is 22.7 Å². The lowest BCUT2D eigenvalue weighted by molar-refractivity contribution is -0.142. The predicted octanol–water partition coefficient (Wildman–Crippen LogP) is 4.53. The molecule has 1 aromatic carbocycles. The highest BCUT2D eigenvalue weighted by atomic mass is 32.1. The van der Waals surface area contributed by atoms with Crippen LogP contribution in [-0.2, 0) is 22.2 Å². The van der Waals surface area contributed by atoms with Gasteiger partial charge in [-0.25, -0.2) is 13.8 Å². The number of hydrogen-bond donors (Lipinski definition) is 2. The zero-order valence-electron chi connectivity index (χ0n) is 16.8. The van der Waals surface area contributed by atoms with Crippen LogP contribution in [0.15, 0.2) is 22.9 Å². The number of halogens is 5. The van der Waals surface area contributed by atoms with Crippen molar-refractivity contribution in [2.45, 2.75) is 12.6 Å². The lowest BCUT2D eigenvalue weighted by atomic mass is 9.98. The Morgan fingerprint density at radius 1 is 1.18 bits per heavy atom. The van der Waals surface area contributed by atoms with E-state index in [0.717, 1.165) is 33.6 Å². The van der Waals surface area contributed by atoms with Gasteiger partial charge in [0.2, 0.25) is 11.7 Å². The first-order valence-electron chi connectivity index (χ1n) is 9.22. The van der Waals surface area contributed by atoms with Gasteiger partial charge in [-0.3, -0.25) is 19.8 Å². The van der Waals surface area contributed by atoms with Gasteiger partial charge >= 0.3 is 6.18 Å². The third-order valence-electron chi connectivity index (χ3n) is 4.88. The van der Waals surface area contributed by atoms with Crippen molar-refractivity contribution in [2.75, 3.05) is 17.3 Å². The van der Waals surface area contributed by atoms with Gasteiger partial charge in [0, 0.05) is 18.0 Å². The van der Waals surface area contributed by atoms with Crippen molar-refractivity contribution in [1.29, 1.82) is 5.41 Å². The summed E-state index contributed by atoms with van der Waals surface area (Å²) >= 11 is 1.86. The number of carbonyl (C=O) groups is 3. The topological polar surface area (TPSA) is 103 Å². The van der Waals surface area contributed by atoms with Gasteiger partial charge in [-0.1, -0.05) is 0 Å². The van der Waals surface area contributed by atoms with Gasteiger partial charge < -0.3 is 10.2 Å². The molecule has 0 atom stereocenters. The molecule has 176 valence electrons. The average Bonchev–Trinajstić information content (AvgIpc) is 3.37. The van der Waals surface area contributed by atoms with E-state index in [-0.39, 0.29) is 28.4 Å². The standard InChI is InChI=1S/C20H11F5N4O3S2/c1-29-17(32)15(26)16(31)12-7(5-33-18(12)29)4-11(30)28-19-27-10(6-34-19)8-2-3-9(21)13(14(8)22)20(23,24)25/h2-3,5-6,26H,4H2,1H3,(H,27,28,30).